The predicted molar refractivity (Wildman–Crippen MR) is 100 cm³/mol. The Morgan fingerprint density at radius 3 is 1.21 bits per heavy atom. The molecule has 0 atom stereocenters. The minimum atomic E-state index is -1.38. The maximum Gasteiger partial charge on any atom is 0.170 e. The molecule has 0 aliphatic heterocycles. The second-order valence-corrected chi connectivity index (χ2v) is 22.5. The van der Waals surface area contributed by atoms with Crippen molar-refractivity contribution in [2.24, 2.45) is 4.41 Å². The molecule has 0 heterocycles. The van der Waals surface area contributed by atoms with E-state index in [1.54, 1.807) is 0 Å². The van der Waals surface area contributed by atoms with E-state index in [2.05, 4.69) is 75.0 Å². The Morgan fingerprint density at radius 2 is 1.05 bits per heavy atom. The lowest BCUT2D eigenvalue weighted by Gasteiger charge is -2.46. The van der Waals surface area contributed by atoms with Gasteiger partial charge in [0.05, 0.1) is 0 Å². The van der Waals surface area contributed by atoms with E-state index in [9.17, 15) is 0 Å². The average Bonchev–Trinajstić information content (AvgIpc) is 2.11. The lowest BCUT2D eigenvalue weighted by molar-refractivity contribution is 0.987. The van der Waals surface area contributed by atoms with Gasteiger partial charge in [0.15, 0.2) is 8.24 Å². The summed E-state index contributed by atoms with van der Waals surface area (Å²) in [6.07, 6.45) is 0. The van der Waals surface area contributed by atoms with Crippen LogP contribution in [0.25, 0.3) is 0 Å². The van der Waals surface area contributed by atoms with E-state index in [1.165, 1.54) is 0 Å². The molecule has 0 N–H and O–H groups in total. The third-order valence-electron chi connectivity index (χ3n) is 3.41. The summed E-state index contributed by atoms with van der Waals surface area (Å²) in [7, 11) is -1.37. The van der Waals surface area contributed by atoms with Gasteiger partial charge in [-0.1, -0.05) is 82.6 Å². The van der Waals surface area contributed by atoms with Crippen LogP contribution in [0.5, 0.6) is 0 Å². The lowest BCUT2D eigenvalue weighted by Crippen LogP contribution is -2.22. The summed E-state index contributed by atoms with van der Waals surface area (Å²) in [5.41, 5.74) is 3.09. The zero-order valence-corrected chi connectivity index (χ0v) is 17.9. The summed E-state index contributed by atoms with van der Waals surface area (Å²) in [6.45, 7) is 25.5. The largest absolute Gasteiger partial charge is 0.333 e. The first-order chi connectivity index (χ1) is 8.36. The Balaban J connectivity index is 6.23. The first-order valence-corrected chi connectivity index (χ1v) is 15.3. The average molecular weight is 322 g/mol. The van der Waals surface area contributed by atoms with Crippen LogP contribution in [0.3, 0.4) is 0 Å². The van der Waals surface area contributed by atoms with Crippen LogP contribution in [-0.4, -0.2) is 30.9 Å². The summed E-state index contributed by atoms with van der Waals surface area (Å²) in [5, 5.41) is 0. The van der Waals surface area contributed by atoms with E-state index in [0.29, 0.717) is 0 Å². The molecule has 0 saturated carbocycles. The van der Waals surface area contributed by atoms with Gasteiger partial charge in [-0.15, -0.1) is 0 Å². The standard InChI is InChI=1S/C15H37NP2Si/c1-12(2)17(13(3)4)18(14(5)6,15(7)8)16-19(9,10)11/h12-15H,1-11H3. The van der Waals surface area contributed by atoms with Gasteiger partial charge in [0.2, 0.25) is 0 Å². The van der Waals surface area contributed by atoms with Gasteiger partial charge in [-0.25, -0.2) is 0 Å². The van der Waals surface area contributed by atoms with Crippen molar-refractivity contribution in [3.8, 4) is 0 Å². The fourth-order valence-corrected chi connectivity index (χ4v) is 25.2. The highest BCUT2D eigenvalue weighted by Gasteiger charge is 2.40. The Bertz CT molecular complexity index is 308. The Kier molecular flexibility index (Phi) is 7.57. The van der Waals surface area contributed by atoms with E-state index >= 15 is 0 Å². The van der Waals surface area contributed by atoms with Crippen molar-refractivity contribution in [2.75, 3.05) is 0 Å². The summed E-state index contributed by atoms with van der Waals surface area (Å²) in [6, 6.07) is 0. The molecule has 0 radical (unpaired) electrons. The van der Waals surface area contributed by atoms with Crippen LogP contribution < -0.4 is 0 Å². The van der Waals surface area contributed by atoms with Gasteiger partial charge in [-0.2, -0.15) is 0 Å². The molecule has 0 aromatic rings. The number of hydrogen-bond donors (Lipinski definition) is 0. The molecule has 19 heavy (non-hydrogen) atoms. The predicted octanol–water partition coefficient (Wildman–Crippen LogP) is 7.05. The van der Waals surface area contributed by atoms with Crippen LogP contribution in [0.15, 0.2) is 4.41 Å². The molecule has 0 unspecified atom stereocenters. The van der Waals surface area contributed by atoms with Crippen molar-refractivity contribution in [1.29, 1.82) is 0 Å². The van der Waals surface area contributed by atoms with Gasteiger partial charge in [-0.05, 0) is 29.4 Å². The van der Waals surface area contributed by atoms with Crippen LogP contribution in [-0.2, 0) is 0 Å². The molecule has 1 nitrogen and oxygen atoms in total. The molecule has 0 aromatic heterocycles. The van der Waals surface area contributed by atoms with Crippen molar-refractivity contribution in [3.63, 3.8) is 0 Å². The molecule has 116 valence electrons. The second-order valence-electron chi connectivity index (χ2n) is 7.73. The molecule has 0 saturated heterocycles. The third-order valence-corrected chi connectivity index (χ3v) is 21.6. The van der Waals surface area contributed by atoms with E-state index < -0.39 is 15.0 Å². The molecular weight excluding hydrogens is 284 g/mol. The molecule has 0 aliphatic rings. The minimum Gasteiger partial charge on any atom is -0.333 e. The highest BCUT2D eigenvalue weighted by Crippen LogP contribution is 2.85. The molecular formula is C15H37NP2Si. The van der Waals surface area contributed by atoms with Crippen molar-refractivity contribution in [3.05, 3.63) is 0 Å². The summed E-state index contributed by atoms with van der Waals surface area (Å²) in [5.74, 6) is 0. The van der Waals surface area contributed by atoms with Crippen molar-refractivity contribution < 1.29 is 0 Å². The molecule has 0 fully saturated rings. The molecule has 0 bridgehead atoms. The molecule has 0 aliphatic carbocycles. The van der Waals surface area contributed by atoms with Gasteiger partial charge in [0, 0.05) is 0 Å². The van der Waals surface area contributed by atoms with Crippen LogP contribution in [0.2, 0.25) is 19.6 Å². The lowest BCUT2D eigenvalue weighted by atomic mass is 10.5. The maximum atomic E-state index is 5.66. The van der Waals surface area contributed by atoms with Crippen LogP contribution in [0, 0.1) is 0 Å². The van der Waals surface area contributed by atoms with E-state index in [4.69, 9.17) is 4.41 Å². The first kappa shape index (κ1) is 19.9. The van der Waals surface area contributed by atoms with Crippen LogP contribution in [0.1, 0.15) is 55.4 Å². The smallest absolute Gasteiger partial charge is 0.170 e. The highest BCUT2D eigenvalue weighted by molar-refractivity contribution is 8.35. The quantitative estimate of drug-likeness (QED) is 0.367. The monoisotopic (exact) mass is 321 g/mol. The van der Waals surface area contributed by atoms with E-state index in [1.807, 2.05) is 0 Å². The third kappa shape index (κ3) is 4.97. The molecule has 0 amide bonds. The fraction of sp³-hybridized carbons (Fsp3) is 1.00. The van der Waals surface area contributed by atoms with Gasteiger partial charge in [0.1, 0.15) is 0 Å². The van der Waals surface area contributed by atoms with Crippen LogP contribution >= 0.6 is 14.4 Å². The van der Waals surface area contributed by atoms with Crippen molar-refractivity contribution in [1.82, 2.24) is 0 Å². The Labute approximate surface area is 125 Å². The van der Waals surface area contributed by atoms with Gasteiger partial charge in [0.25, 0.3) is 0 Å². The first-order valence-electron chi connectivity index (χ1n) is 7.78. The van der Waals surface area contributed by atoms with Crippen molar-refractivity contribution in [2.45, 2.75) is 97.7 Å². The SMILES string of the molecule is CC(C)P(C(C)C)P(=N[Si](C)(C)C)(C(C)C)C(C)C. The molecule has 0 aromatic carbocycles. The second kappa shape index (κ2) is 7.23. The normalized spacial score (nSPS) is 14.3. The molecule has 0 spiro atoms. The maximum absolute atomic E-state index is 5.66. The van der Waals surface area contributed by atoms with Gasteiger partial charge >= 0.3 is 0 Å². The topological polar surface area (TPSA) is 12.4 Å². The van der Waals surface area contributed by atoms with Crippen molar-refractivity contribution >= 4 is 22.6 Å². The number of hydrogen-bond acceptors (Lipinski definition) is 1. The zero-order chi connectivity index (χ0) is 15.6. The fourth-order valence-electron chi connectivity index (χ4n) is 3.23. The van der Waals surface area contributed by atoms with Crippen LogP contribution in [0.4, 0.5) is 0 Å². The van der Waals surface area contributed by atoms with E-state index in [0.717, 1.165) is 22.6 Å². The van der Waals surface area contributed by atoms with E-state index in [-0.39, 0.29) is 7.61 Å². The summed E-state index contributed by atoms with van der Waals surface area (Å²) in [4.78, 5) is 0. The zero-order valence-electron chi connectivity index (χ0n) is 15.2. The Hall–Kier alpha value is 0.877. The highest BCUT2D eigenvalue weighted by atomic mass is 32.1. The molecule has 4 heteroatoms. The van der Waals surface area contributed by atoms with Gasteiger partial charge < -0.3 is 4.41 Å². The summed E-state index contributed by atoms with van der Waals surface area (Å²) < 4.78 is 5.66. The number of rotatable bonds is 6. The minimum absolute atomic E-state index is 0.00958. The molecule has 0 rings (SSSR count). The van der Waals surface area contributed by atoms with Gasteiger partial charge in [-0.3, -0.25) is 0 Å². The number of nitrogens with zero attached hydrogens (tertiary/aromatic N) is 1. The summed E-state index contributed by atoms with van der Waals surface area (Å²) >= 11 is 0. The Morgan fingerprint density at radius 1 is 0.737 bits per heavy atom.